The van der Waals surface area contributed by atoms with Crippen LogP contribution in [0.1, 0.15) is 31.4 Å². The minimum atomic E-state index is -0.578. The fourth-order valence-electron chi connectivity index (χ4n) is 2.08. The van der Waals surface area contributed by atoms with Crippen LogP contribution in [0.3, 0.4) is 0 Å². The Morgan fingerprint density at radius 3 is 2.58 bits per heavy atom. The van der Waals surface area contributed by atoms with E-state index in [1.807, 2.05) is 45.9 Å². The first-order chi connectivity index (χ1) is 11.3. The van der Waals surface area contributed by atoms with Gasteiger partial charge in [0.1, 0.15) is 0 Å². The Hall–Kier alpha value is -2.90. The highest BCUT2D eigenvalue weighted by Gasteiger charge is 2.23. The van der Waals surface area contributed by atoms with Gasteiger partial charge >= 0.3 is 5.69 Å². The van der Waals surface area contributed by atoms with Crippen LogP contribution in [0, 0.1) is 24.0 Å². The van der Waals surface area contributed by atoms with E-state index in [0.29, 0.717) is 5.69 Å². The largest absolute Gasteiger partial charge is 0.378 e. The first-order valence-corrected chi connectivity index (χ1v) is 7.74. The number of hydrogen-bond acceptors (Lipinski definition) is 7. The molecular weight excluding hydrogens is 308 g/mol. The second kappa shape index (κ2) is 7.12. The number of aromatic nitrogens is 2. The zero-order valence-electron chi connectivity index (χ0n) is 14.3. The highest BCUT2D eigenvalue weighted by molar-refractivity contribution is 5.74. The predicted molar refractivity (Wildman–Crippen MR) is 95.7 cm³/mol. The molecule has 2 rings (SSSR count). The Balaban J connectivity index is 2.44. The summed E-state index contributed by atoms with van der Waals surface area (Å²) in [6.45, 7) is 7.95. The summed E-state index contributed by atoms with van der Waals surface area (Å²) in [5.41, 5.74) is 8.35. The SMILES string of the molecule is CC[C@@H](C)Nc1nc(N)c([N+](=O)[O-])c(Nc2ccc(C)c(C)c2)n1. The van der Waals surface area contributed by atoms with E-state index in [4.69, 9.17) is 5.73 Å². The Morgan fingerprint density at radius 1 is 1.29 bits per heavy atom. The van der Waals surface area contributed by atoms with Gasteiger partial charge < -0.3 is 16.4 Å². The van der Waals surface area contributed by atoms with Crippen molar-refractivity contribution in [3.05, 3.63) is 39.4 Å². The van der Waals surface area contributed by atoms with Gasteiger partial charge in [-0.3, -0.25) is 10.1 Å². The van der Waals surface area contributed by atoms with Gasteiger partial charge in [-0.15, -0.1) is 0 Å². The fraction of sp³-hybridized carbons (Fsp3) is 0.375. The van der Waals surface area contributed by atoms with E-state index in [2.05, 4.69) is 20.6 Å². The van der Waals surface area contributed by atoms with Gasteiger partial charge in [-0.05, 0) is 50.5 Å². The quantitative estimate of drug-likeness (QED) is 0.547. The van der Waals surface area contributed by atoms with Crippen molar-refractivity contribution >= 4 is 29.0 Å². The van der Waals surface area contributed by atoms with E-state index in [9.17, 15) is 10.1 Å². The minimum Gasteiger partial charge on any atom is -0.378 e. The smallest absolute Gasteiger partial charge is 0.353 e. The van der Waals surface area contributed by atoms with E-state index in [-0.39, 0.29) is 29.3 Å². The number of rotatable bonds is 6. The van der Waals surface area contributed by atoms with Gasteiger partial charge in [0.05, 0.1) is 4.92 Å². The summed E-state index contributed by atoms with van der Waals surface area (Å²) >= 11 is 0. The lowest BCUT2D eigenvalue weighted by Crippen LogP contribution is -2.17. The molecule has 0 radical (unpaired) electrons. The number of nitrogens with two attached hydrogens (primary N) is 1. The summed E-state index contributed by atoms with van der Waals surface area (Å²) in [6, 6.07) is 5.80. The topological polar surface area (TPSA) is 119 Å². The van der Waals surface area contributed by atoms with Crippen molar-refractivity contribution < 1.29 is 4.92 Å². The van der Waals surface area contributed by atoms with Crippen LogP contribution in [-0.4, -0.2) is 20.9 Å². The van der Waals surface area contributed by atoms with Crippen molar-refractivity contribution in [2.45, 2.75) is 40.2 Å². The molecule has 0 aliphatic carbocycles. The Morgan fingerprint density at radius 2 is 2.00 bits per heavy atom. The third kappa shape index (κ3) is 3.89. The highest BCUT2D eigenvalue weighted by Crippen LogP contribution is 2.32. The van der Waals surface area contributed by atoms with Crippen molar-refractivity contribution in [2.75, 3.05) is 16.4 Å². The zero-order chi connectivity index (χ0) is 17.9. The molecule has 0 fully saturated rings. The highest BCUT2D eigenvalue weighted by atomic mass is 16.6. The molecule has 8 nitrogen and oxygen atoms in total. The number of nitro groups is 1. The normalized spacial score (nSPS) is 11.8. The molecule has 0 saturated carbocycles. The number of aryl methyl sites for hydroxylation is 2. The maximum atomic E-state index is 11.3. The predicted octanol–water partition coefficient (Wildman–Crippen LogP) is 3.54. The Labute approximate surface area is 140 Å². The van der Waals surface area contributed by atoms with Gasteiger partial charge in [0.25, 0.3) is 0 Å². The monoisotopic (exact) mass is 330 g/mol. The van der Waals surface area contributed by atoms with Crippen LogP contribution in [0.15, 0.2) is 18.2 Å². The van der Waals surface area contributed by atoms with Crippen molar-refractivity contribution in [3.63, 3.8) is 0 Å². The molecule has 0 aliphatic heterocycles. The second-order valence-corrected chi connectivity index (χ2v) is 5.76. The van der Waals surface area contributed by atoms with Crippen molar-refractivity contribution in [2.24, 2.45) is 0 Å². The van der Waals surface area contributed by atoms with E-state index in [1.54, 1.807) is 0 Å². The van der Waals surface area contributed by atoms with Gasteiger partial charge in [0, 0.05) is 11.7 Å². The molecule has 0 spiro atoms. The molecule has 1 aromatic heterocycles. The van der Waals surface area contributed by atoms with Gasteiger partial charge in [0.15, 0.2) is 0 Å². The first-order valence-electron chi connectivity index (χ1n) is 7.74. The van der Waals surface area contributed by atoms with Gasteiger partial charge in [-0.1, -0.05) is 13.0 Å². The van der Waals surface area contributed by atoms with Crippen molar-refractivity contribution in [1.29, 1.82) is 0 Å². The van der Waals surface area contributed by atoms with Gasteiger partial charge in [-0.2, -0.15) is 9.97 Å². The van der Waals surface area contributed by atoms with Crippen molar-refractivity contribution in [1.82, 2.24) is 9.97 Å². The number of nitrogen functional groups attached to an aromatic ring is 1. The van der Waals surface area contributed by atoms with Crippen molar-refractivity contribution in [3.8, 4) is 0 Å². The molecule has 1 heterocycles. The molecule has 0 aliphatic rings. The van der Waals surface area contributed by atoms with Gasteiger partial charge in [0.2, 0.25) is 17.6 Å². The molecule has 0 saturated heterocycles. The average Bonchev–Trinajstić information content (AvgIpc) is 2.50. The number of benzene rings is 1. The summed E-state index contributed by atoms with van der Waals surface area (Å²) in [7, 11) is 0. The average molecular weight is 330 g/mol. The molecule has 4 N–H and O–H groups in total. The van der Waals surface area contributed by atoms with Gasteiger partial charge in [-0.25, -0.2) is 0 Å². The minimum absolute atomic E-state index is 0.0709. The molecule has 1 aromatic carbocycles. The first kappa shape index (κ1) is 17.5. The number of nitrogens with zero attached hydrogens (tertiary/aromatic N) is 3. The van der Waals surface area contributed by atoms with E-state index < -0.39 is 4.92 Å². The fourth-order valence-corrected chi connectivity index (χ4v) is 2.08. The molecule has 2 aromatic rings. The summed E-state index contributed by atoms with van der Waals surface area (Å²) in [5, 5.41) is 17.4. The summed E-state index contributed by atoms with van der Waals surface area (Å²) < 4.78 is 0. The van der Waals surface area contributed by atoms with E-state index in [0.717, 1.165) is 17.5 Å². The molecule has 1 atom stereocenters. The van der Waals surface area contributed by atoms with Crippen LogP contribution in [-0.2, 0) is 0 Å². The Kier molecular flexibility index (Phi) is 5.18. The third-order valence-corrected chi connectivity index (χ3v) is 3.85. The maximum Gasteiger partial charge on any atom is 0.353 e. The number of anilines is 4. The second-order valence-electron chi connectivity index (χ2n) is 5.76. The molecule has 24 heavy (non-hydrogen) atoms. The lowest BCUT2D eigenvalue weighted by atomic mass is 10.1. The third-order valence-electron chi connectivity index (χ3n) is 3.85. The summed E-state index contributed by atoms with van der Waals surface area (Å²) in [6.07, 6.45) is 0.861. The summed E-state index contributed by atoms with van der Waals surface area (Å²) in [5.74, 6) is 0.160. The standard InChI is InChI=1S/C16H22N6O2/c1-5-11(4)18-16-20-14(17)13(22(23)24)15(21-16)19-12-7-6-9(2)10(3)8-12/h6-8,11H,5H2,1-4H3,(H4,17,18,19,20,21)/t11-/m1/s1. The molecule has 0 unspecified atom stereocenters. The molecule has 0 bridgehead atoms. The summed E-state index contributed by atoms with van der Waals surface area (Å²) in [4.78, 5) is 19.0. The maximum absolute atomic E-state index is 11.3. The molecule has 8 heteroatoms. The van der Waals surface area contributed by atoms with Crippen LogP contribution < -0.4 is 16.4 Å². The van der Waals surface area contributed by atoms with E-state index in [1.165, 1.54) is 0 Å². The zero-order valence-corrected chi connectivity index (χ0v) is 14.3. The lowest BCUT2D eigenvalue weighted by molar-refractivity contribution is -0.383. The lowest BCUT2D eigenvalue weighted by Gasteiger charge is -2.14. The van der Waals surface area contributed by atoms with Crippen LogP contribution in [0.2, 0.25) is 0 Å². The Bertz CT molecular complexity index is 762. The van der Waals surface area contributed by atoms with Crippen LogP contribution >= 0.6 is 0 Å². The number of nitrogens with one attached hydrogen (secondary N) is 2. The van der Waals surface area contributed by atoms with Crippen LogP contribution in [0.25, 0.3) is 0 Å². The van der Waals surface area contributed by atoms with Crippen LogP contribution in [0.4, 0.5) is 29.0 Å². The molecule has 0 amide bonds. The van der Waals surface area contributed by atoms with E-state index >= 15 is 0 Å². The van der Waals surface area contributed by atoms with Crippen LogP contribution in [0.5, 0.6) is 0 Å². The molecular formula is C16H22N6O2. The molecule has 128 valence electrons. The number of hydrogen-bond donors (Lipinski definition) is 3.